The summed E-state index contributed by atoms with van der Waals surface area (Å²) < 4.78 is 27.5. The van der Waals surface area contributed by atoms with Gasteiger partial charge in [0, 0.05) is 12.1 Å². The minimum absolute atomic E-state index is 0.130. The van der Waals surface area contributed by atoms with Crippen LogP contribution in [0.5, 0.6) is 0 Å². The Hall–Kier alpha value is -1.82. The molecule has 0 saturated carbocycles. The van der Waals surface area contributed by atoms with E-state index in [1.54, 1.807) is 0 Å². The Morgan fingerprint density at radius 2 is 1.67 bits per heavy atom. The number of halogens is 3. The summed E-state index contributed by atoms with van der Waals surface area (Å²) in [4.78, 5) is 9.91. The van der Waals surface area contributed by atoms with Gasteiger partial charge in [0.25, 0.3) is 5.69 Å². The van der Waals surface area contributed by atoms with E-state index in [0.29, 0.717) is 0 Å². The molecule has 2 aromatic carbocycles. The molecule has 2 rings (SSSR count). The first-order valence-electron chi connectivity index (χ1n) is 4.89. The summed E-state index contributed by atoms with van der Waals surface area (Å²) in [5.41, 5.74) is -0.0919. The highest BCUT2D eigenvalue weighted by Crippen LogP contribution is 2.31. The lowest BCUT2D eigenvalue weighted by Gasteiger charge is -2.06. The summed E-state index contributed by atoms with van der Waals surface area (Å²) in [6, 6.07) is 7.42. The van der Waals surface area contributed by atoms with Gasteiger partial charge in [-0.2, -0.15) is 0 Å². The minimum atomic E-state index is -0.733. The van der Waals surface area contributed by atoms with Crippen molar-refractivity contribution in [3.63, 3.8) is 0 Å². The van der Waals surface area contributed by atoms with Gasteiger partial charge in [0.2, 0.25) is 0 Å². The second-order valence-electron chi connectivity index (χ2n) is 3.52. The summed E-state index contributed by atoms with van der Waals surface area (Å²) in [6.07, 6.45) is 0. The SMILES string of the molecule is O=[N+]([O-])c1ccc(-c2c(F)ccc(Br)c2F)cc1. The zero-order valence-electron chi connectivity index (χ0n) is 8.86. The molecule has 0 atom stereocenters. The number of non-ortho nitro benzene ring substituents is 1. The molecule has 2 aromatic rings. The largest absolute Gasteiger partial charge is 0.269 e. The van der Waals surface area contributed by atoms with Crippen LogP contribution in [0.15, 0.2) is 40.9 Å². The third-order valence-electron chi connectivity index (χ3n) is 2.41. The highest BCUT2D eigenvalue weighted by molar-refractivity contribution is 9.10. The topological polar surface area (TPSA) is 43.1 Å². The van der Waals surface area contributed by atoms with Crippen LogP contribution >= 0.6 is 15.9 Å². The van der Waals surface area contributed by atoms with Gasteiger partial charge in [-0.3, -0.25) is 10.1 Å². The predicted octanol–water partition coefficient (Wildman–Crippen LogP) is 4.30. The maximum Gasteiger partial charge on any atom is 0.269 e. The van der Waals surface area contributed by atoms with Gasteiger partial charge in [-0.15, -0.1) is 0 Å². The predicted molar refractivity (Wildman–Crippen MR) is 66.1 cm³/mol. The molecule has 0 radical (unpaired) electrons. The van der Waals surface area contributed by atoms with E-state index in [0.717, 1.165) is 6.07 Å². The Morgan fingerprint density at radius 3 is 2.22 bits per heavy atom. The van der Waals surface area contributed by atoms with E-state index in [2.05, 4.69) is 15.9 Å². The zero-order valence-corrected chi connectivity index (χ0v) is 10.4. The molecule has 0 heterocycles. The van der Waals surface area contributed by atoms with Crippen molar-refractivity contribution < 1.29 is 13.7 Å². The lowest BCUT2D eigenvalue weighted by Crippen LogP contribution is -1.92. The van der Waals surface area contributed by atoms with E-state index >= 15 is 0 Å². The molecular weight excluding hydrogens is 308 g/mol. The summed E-state index contributed by atoms with van der Waals surface area (Å²) >= 11 is 2.97. The number of rotatable bonds is 2. The Kier molecular flexibility index (Phi) is 3.38. The van der Waals surface area contributed by atoms with Crippen molar-refractivity contribution in [2.45, 2.75) is 0 Å². The third kappa shape index (κ3) is 2.24. The molecule has 3 nitrogen and oxygen atoms in total. The molecule has 0 spiro atoms. The van der Waals surface area contributed by atoms with Crippen molar-refractivity contribution in [3.8, 4) is 11.1 Å². The third-order valence-corrected chi connectivity index (χ3v) is 3.02. The Bertz CT molecular complexity index is 614. The Balaban J connectivity index is 2.55. The summed E-state index contributed by atoms with van der Waals surface area (Å²) in [5.74, 6) is -1.45. The molecule has 0 aromatic heterocycles. The van der Waals surface area contributed by atoms with Gasteiger partial charge in [-0.25, -0.2) is 8.78 Å². The fraction of sp³-hybridized carbons (Fsp3) is 0. The second-order valence-corrected chi connectivity index (χ2v) is 4.38. The van der Waals surface area contributed by atoms with E-state index in [1.165, 1.54) is 30.3 Å². The van der Waals surface area contributed by atoms with E-state index in [1.807, 2.05) is 0 Å². The lowest BCUT2D eigenvalue weighted by atomic mass is 10.0. The van der Waals surface area contributed by atoms with Crippen LogP contribution in [0.25, 0.3) is 11.1 Å². The van der Waals surface area contributed by atoms with E-state index in [4.69, 9.17) is 0 Å². The number of nitrogens with zero attached hydrogens (tertiary/aromatic N) is 1. The molecule has 0 aliphatic rings. The number of hydrogen-bond acceptors (Lipinski definition) is 2. The second kappa shape index (κ2) is 4.81. The van der Waals surface area contributed by atoms with Crippen molar-refractivity contribution in [1.29, 1.82) is 0 Å². The van der Waals surface area contributed by atoms with Crippen LogP contribution in [0.2, 0.25) is 0 Å². The van der Waals surface area contributed by atoms with Crippen LogP contribution in [-0.4, -0.2) is 4.92 Å². The first-order valence-corrected chi connectivity index (χ1v) is 5.68. The highest BCUT2D eigenvalue weighted by Gasteiger charge is 2.15. The molecular formula is C12H6BrF2NO2. The zero-order chi connectivity index (χ0) is 13.3. The summed E-state index contributed by atoms with van der Waals surface area (Å²) in [5, 5.41) is 10.5. The summed E-state index contributed by atoms with van der Waals surface area (Å²) in [7, 11) is 0. The standard InChI is InChI=1S/C12H6BrF2NO2/c13-9-5-6-10(14)11(12(9)15)7-1-3-8(4-2-7)16(17)18/h1-6H. The quantitative estimate of drug-likeness (QED) is 0.471. The van der Waals surface area contributed by atoms with Crippen molar-refractivity contribution in [2.24, 2.45) is 0 Å². The molecule has 0 aliphatic carbocycles. The van der Waals surface area contributed by atoms with E-state index in [-0.39, 0.29) is 21.3 Å². The van der Waals surface area contributed by atoms with Crippen molar-refractivity contribution in [1.82, 2.24) is 0 Å². The summed E-state index contributed by atoms with van der Waals surface area (Å²) in [6.45, 7) is 0. The number of hydrogen-bond donors (Lipinski definition) is 0. The van der Waals surface area contributed by atoms with Gasteiger partial charge >= 0.3 is 0 Å². The average Bonchev–Trinajstić information content (AvgIpc) is 2.35. The first-order chi connectivity index (χ1) is 8.50. The van der Waals surface area contributed by atoms with Gasteiger partial charge < -0.3 is 0 Å². The van der Waals surface area contributed by atoms with Crippen LogP contribution in [0, 0.1) is 21.7 Å². The van der Waals surface area contributed by atoms with Crippen LogP contribution in [0.4, 0.5) is 14.5 Å². The van der Waals surface area contributed by atoms with Gasteiger partial charge in [0.05, 0.1) is 15.0 Å². The van der Waals surface area contributed by atoms with Crippen LogP contribution < -0.4 is 0 Å². The van der Waals surface area contributed by atoms with E-state index in [9.17, 15) is 18.9 Å². The Labute approximate surface area is 109 Å². The highest BCUT2D eigenvalue weighted by atomic mass is 79.9. The van der Waals surface area contributed by atoms with Crippen LogP contribution in [-0.2, 0) is 0 Å². The molecule has 6 heteroatoms. The van der Waals surface area contributed by atoms with Crippen molar-refractivity contribution in [3.05, 3.63) is 62.6 Å². The van der Waals surface area contributed by atoms with Gasteiger partial charge in [0.15, 0.2) is 0 Å². The van der Waals surface area contributed by atoms with Gasteiger partial charge in [-0.05, 0) is 45.8 Å². The number of nitro benzene ring substituents is 1. The lowest BCUT2D eigenvalue weighted by molar-refractivity contribution is -0.384. The average molecular weight is 314 g/mol. The van der Waals surface area contributed by atoms with Gasteiger partial charge in [0.1, 0.15) is 11.6 Å². The first kappa shape index (κ1) is 12.6. The fourth-order valence-corrected chi connectivity index (χ4v) is 1.87. The number of benzene rings is 2. The van der Waals surface area contributed by atoms with Crippen LogP contribution in [0.1, 0.15) is 0 Å². The smallest absolute Gasteiger partial charge is 0.258 e. The fourth-order valence-electron chi connectivity index (χ4n) is 1.54. The molecule has 0 fully saturated rings. The number of nitro groups is 1. The molecule has 0 bridgehead atoms. The normalized spacial score (nSPS) is 10.4. The molecule has 0 aliphatic heterocycles. The molecule has 0 amide bonds. The van der Waals surface area contributed by atoms with Gasteiger partial charge in [-0.1, -0.05) is 0 Å². The maximum absolute atomic E-state index is 13.8. The van der Waals surface area contributed by atoms with Crippen LogP contribution in [0.3, 0.4) is 0 Å². The molecule has 18 heavy (non-hydrogen) atoms. The monoisotopic (exact) mass is 313 g/mol. The maximum atomic E-state index is 13.8. The molecule has 0 saturated heterocycles. The molecule has 0 N–H and O–H groups in total. The molecule has 92 valence electrons. The minimum Gasteiger partial charge on any atom is -0.258 e. The Morgan fingerprint density at radius 1 is 1.06 bits per heavy atom. The van der Waals surface area contributed by atoms with Crippen molar-refractivity contribution >= 4 is 21.6 Å². The van der Waals surface area contributed by atoms with E-state index < -0.39 is 16.6 Å². The molecule has 0 unspecified atom stereocenters. The van der Waals surface area contributed by atoms with Crippen molar-refractivity contribution in [2.75, 3.05) is 0 Å².